The molecule has 0 bridgehead atoms. The van der Waals surface area contributed by atoms with E-state index in [1.807, 2.05) is 11.3 Å². The summed E-state index contributed by atoms with van der Waals surface area (Å²) in [6, 6.07) is 57.6. The molecule has 0 amide bonds. The van der Waals surface area contributed by atoms with Crippen LogP contribution < -0.4 is 4.90 Å². The lowest BCUT2D eigenvalue weighted by molar-refractivity contribution is 0.391. The van der Waals surface area contributed by atoms with Gasteiger partial charge in [-0.1, -0.05) is 109 Å². The molecule has 3 heterocycles. The monoisotopic (exact) mass is 692 g/mol. The molecule has 3 unspecified atom stereocenters. The maximum atomic E-state index is 2.59. The van der Waals surface area contributed by atoms with Crippen molar-refractivity contribution in [3.05, 3.63) is 209 Å². The van der Waals surface area contributed by atoms with Gasteiger partial charge >= 0.3 is 0 Å². The second-order valence-corrected chi connectivity index (χ2v) is 16.4. The number of nitrogens with zero attached hydrogens (tertiary/aromatic N) is 2. The molecule has 3 aliphatic carbocycles. The van der Waals surface area contributed by atoms with Crippen LogP contribution in [0.2, 0.25) is 0 Å². The largest absolute Gasteiger partial charge is 0.313 e. The predicted molar refractivity (Wildman–Crippen MR) is 221 cm³/mol. The van der Waals surface area contributed by atoms with E-state index in [1.165, 1.54) is 98.1 Å². The fraction of sp³-hybridized carbons (Fsp3) is 0.0800. The van der Waals surface area contributed by atoms with Gasteiger partial charge in [0.05, 0.1) is 22.1 Å². The molecule has 2 nitrogen and oxygen atoms in total. The minimum Gasteiger partial charge on any atom is -0.313 e. The molecule has 0 saturated heterocycles. The van der Waals surface area contributed by atoms with E-state index in [0.717, 1.165) is 0 Å². The first-order valence-electron chi connectivity index (χ1n) is 18.7. The lowest BCUT2D eigenvalue weighted by Gasteiger charge is -2.56. The molecule has 4 aliphatic rings. The molecule has 0 saturated carbocycles. The highest BCUT2D eigenvalue weighted by molar-refractivity contribution is 7.25. The van der Waals surface area contributed by atoms with Crippen molar-refractivity contribution in [2.24, 2.45) is 0 Å². The predicted octanol–water partition coefficient (Wildman–Crippen LogP) is 12.8. The Morgan fingerprint density at radius 2 is 1.06 bits per heavy atom. The van der Waals surface area contributed by atoms with Gasteiger partial charge in [-0.15, -0.1) is 11.3 Å². The highest BCUT2D eigenvalue weighted by atomic mass is 32.1. The lowest BCUT2D eigenvalue weighted by atomic mass is 9.44. The van der Waals surface area contributed by atoms with Crippen LogP contribution in [0.25, 0.3) is 47.7 Å². The highest BCUT2D eigenvalue weighted by Gasteiger charge is 2.62. The summed E-state index contributed by atoms with van der Waals surface area (Å²) in [5.74, 6) is 0.157. The third kappa shape index (κ3) is 3.09. The normalized spacial score (nSPS) is 21.6. The van der Waals surface area contributed by atoms with Crippen LogP contribution in [0.4, 0.5) is 11.4 Å². The molecular formula is C50H32N2S. The Hall–Kier alpha value is -6.16. The molecule has 7 aromatic carbocycles. The van der Waals surface area contributed by atoms with E-state index < -0.39 is 10.8 Å². The van der Waals surface area contributed by atoms with Crippen molar-refractivity contribution in [3.8, 4) is 5.69 Å². The molecule has 13 rings (SSSR count). The second kappa shape index (κ2) is 9.63. The number of anilines is 2. The molecule has 0 radical (unpaired) electrons. The number of aromatic nitrogens is 1. The average Bonchev–Trinajstić information content (AvgIpc) is 3.98. The average molecular weight is 693 g/mol. The van der Waals surface area contributed by atoms with Crippen molar-refractivity contribution in [3.63, 3.8) is 0 Å². The van der Waals surface area contributed by atoms with Crippen molar-refractivity contribution in [2.45, 2.75) is 23.7 Å². The van der Waals surface area contributed by atoms with E-state index in [1.54, 1.807) is 0 Å². The van der Waals surface area contributed by atoms with Gasteiger partial charge in [-0.3, -0.25) is 0 Å². The van der Waals surface area contributed by atoms with Crippen LogP contribution >= 0.6 is 11.3 Å². The summed E-state index contributed by atoms with van der Waals surface area (Å²) >= 11 is 1.94. The van der Waals surface area contributed by atoms with Crippen LogP contribution in [0.15, 0.2) is 176 Å². The van der Waals surface area contributed by atoms with E-state index in [9.17, 15) is 0 Å². The fourth-order valence-electron chi connectivity index (χ4n) is 11.4. The molecule has 0 fully saturated rings. The van der Waals surface area contributed by atoms with Gasteiger partial charge in [-0.25, -0.2) is 0 Å². The Balaban J connectivity index is 1.28. The number of hydrogen-bond donors (Lipinski definition) is 0. The topological polar surface area (TPSA) is 8.17 Å². The van der Waals surface area contributed by atoms with Gasteiger partial charge in [0.1, 0.15) is 0 Å². The van der Waals surface area contributed by atoms with Crippen molar-refractivity contribution < 1.29 is 0 Å². The number of allylic oxidation sites excluding steroid dienone is 3. The van der Waals surface area contributed by atoms with Gasteiger partial charge in [0.15, 0.2) is 0 Å². The summed E-state index contributed by atoms with van der Waals surface area (Å²) in [4.78, 5) is 2.51. The number of hydrogen-bond acceptors (Lipinski definition) is 2. The molecule has 0 N–H and O–H groups in total. The van der Waals surface area contributed by atoms with Gasteiger partial charge in [-0.05, 0) is 101 Å². The van der Waals surface area contributed by atoms with Crippen LogP contribution in [0, 0.1) is 0 Å². The number of para-hydroxylation sites is 2. The fourth-order valence-corrected chi connectivity index (χ4v) is 12.6. The SMILES string of the molecule is CC12c3cccc4sc5cccc(c5c34)C1(c1cccc3c1C1C=CC=C1N3c1ccccc1)c1cccc3c1c1c2cccc1n3-c1ccccc1. The Kier molecular flexibility index (Phi) is 5.16. The van der Waals surface area contributed by atoms with E-state index in [4.69, 9.17) is 0 Å². The number of thiophene rings is 1. The maximum absolute atomic E-state index is 2.59. The third-order valence-electron chi connectivity index (χ3n) is 13.2. The molecule has 0 spiro atoms. The van der Waals surface area contributed by atoms with Crippen LogP contribution in [-0.2, 0) is 10.8 Å². The second-order valence-electron chi connectivity index (χ2n) is 15.3. The van der Waals surface area contributed by atoms with Gasteiger partial charge in [-0.2, -0.15) is 0 Å². The standard InChI is InChI=1S/C50H32N2S/c1-49-33-19-9-26-40-45(33)46-36(22-11-27-41(46)52(40)31-16-6-3-7-17-31)50(49,37-23-13-29-43-48(37)47-34(49)20-12-28-42(47)53-43)35-21-10-25-39-44(35)32-18-8-24-38(32)51(39)30-14-4-2-5-15-30/h2-29,32H,1H3. The highest BCUT2D eigenvalue weighted by Crippen LogP contribution is 2.69. The quantitative estimate of drug-likeness (QED) is 0.179. The Morgan fingerprint density at radius 3 is 1.77 bits per heavy atom. The molecule has 9 aromatic rings. The van der Waals surface area contributed by atoms with Crippen molar-refractivity contribution in [1.29, 1.82) is 0 Å². The van der Waals surface area contributed by atoms with E-state index in [0.29, 0.717) is 0 Å². The Labute approximate surface area is 311 Å². The zero-order valence-electron chi connectivity index (χ0n) is 29.0. The van der Waals surface area contributed by atoms with E-state index >= 15 is 0 Å². The van der Waals surface area contributed by atoms with Crippen LogP contribution in [0.3, 0.4) is 0 Å². The smallest absolute Gasteiger partial charge is 0.0603 e. The summed E-state index contributed by atoms with van der Waals surface area (Å²) in [5, 5.41) is 5.60. The molecular weight excluding hydrogens is 661 g/mol. The van der Waals surface area contributed by atoms with Gasteiger partial charge in [0.2, 0.25) is 0 Å². The van der Waals surface area contributed by atoms with E-state index in [-0.39, 0.29) is 5.92 Å². The van der Waals surface area contributed by atoms with Crippen LogP contribution in [-0.4, -0.2) is 4.57 Å². The van der Waals surface area contributed by atoms with E-state index in [2.05, 4.69) is 186 Å². The molecule has 53 heavy (non-hydrogen) atoms. The minimum absolute atomic E-state index is 0.157. The summed E-state index contributed by atoms with van der Waals surface area (Å²) in [7, 11) is 0. The van der Waals surface area contributed by atoms with Crippen molar-refractivity contribution in [1.82, 2.24) is 4.57 Å². The molecule has 3 atom stereocenters. The Morgan fingerprint density at radius 1 is 0.509 bits per heavy atom. The van der Waals surface area contributed by atoms with Crippen LogP contribution in [0.5, 0.6) is 0 Å². The first kappa shape index (κ1) is 28.4. The number of benzene rings is 7. The summed E-state index contributed by atoms with van der Waals surface area (Å²) in [6.45, 7) is 2.59. The summed E-state index contributed by atoms with van der Waals surface area (Å²) in [5.41, 5.74) is 15.0. The van der Waals surface area contributed by atoms with Crippen molar-refractivity contribution in [2.75, 3.05) is 4.90 Å². The first-order valence-corrected chi connectivity index (χ1v) is 19.5. The zero-order chi connectivity index (χ0) is 34.6. The lowest BCUT2D eigenvalue weighted by Crippen LogP contribution is -2.53. The van der Waals surface area contributed by atoms with Crippen molar-refractivity contribution >= 4 is 64.7 Å². The molecule has 3 heteroatoms. The first-order chi connectivity index (χ1) is 26.2. The molecule has 2 aromatic heterocycles. The number of rotatable bonds is 3. The summed E-state index contributed by atoms with van der Waals surface area (Å²) in [6.07, 6.45) is 7.03. The zero-order valence-corrected chi connectivity index (χ0v) is 29.9. The maximum Gasteiger partial charge on any atom is 0.0603 e. The third-order valence-corrected chi connectivity index (χ3v) is 14.3. The number of fused-ring (bicyclic) bond motifs is 8. The van der Waals surface area contributed by atoms with Gasteiger partial charge < -0.3 is 9.47 Å². The summed E-state index contributed by atoms with van der Waals surface area (Å²) < 4.78 is 5.25. The van der Waals surface area contributed by atoms with Gasteiger partial charge in [0, 0.05) is 59.3 Å². The van der Waals surface area contributed by atoms with Gasteiger partial charge in [0.25, 0.3) is 0 Å². The molecule has 248 valence electrons. The van der Waals surface area contributed by atoms with Crippen LogP contribution in [0.1, 0.15) is 46.2 Å². The molecule has 1 aliphatic heterocycles. The minimum atomic E-state index is -0.544. The Bertz CT molecular complexity index is 3140.